The average molecular weight is 659 g/mol. The summed E-state index contributed by atoms with van der Waals surface area (Å²) in [5.74, 6) is 2.94. The van der Waals surface area contributed by atoms with Gasteiger partial charge in [0.2, 0.25) is 0 Å². The summed E-state index contributed by atoms with van der Waals surface area (Å²) in [5.41, 5.74) is 3.54. The third kappa shape index (κ3) is 8.39. The predicted octanol–water partition coefficient (Wildman–Crippen LogP) is 3.03. The van der Waals surface area contributed by atoms with E-state index in [-0.39, 0.29) is 46.5 Å². The first-order chi connectivity index (χ1) is 19.9. The lowest BCUT2D eigenvalue weighted by Gasteiger charge is -2.26. The number of ether oxygens (including phenoxy) is 1. The number of nitrogen functional groups attached to an aromatic ring is 1. The minimum Gasteiger partial charge on any atom is -0.387 e. The molecule has 2 aromatic rings. The van der Waals surface area contributed by atoms with Crippen molar-refractivity contribution >= 4 is 52.9 Å². The molecule has 0 radical (unpaired) electrons. The van der Waals surface area contributed by atoms with Crippen molar-refractivity contribution in [1.82, 2.24) is 14.6 Å². The summed E-state index contributed by atoms with van der Waals surface area (Å²) in [6, 6.07) is 3.14. The molecule has 0 saturated carbocycles. The van der Waals surface area contributed by atoms with Crippen LogP contribution in [-0.2, 0) is 38.1 Å². The molecule has 0 spiro atoms. The summed E-state index contributed by atoms with van der Waals surface area (Å²) in [4.78, 5) is 28.4. The third-order valence-electron chi connectivity index (χ3n) is 6.29. The van der Waals surface area contributed by atoms with Gasteiger partial charge < -0.3 is 20.7 Å². The molecule has 0 bridgehead atoms. The lowest BCUT2D eigenvalue weighted by atomic mass is 9.92. The SMILES string of the molecule is C#C[C@@]1(c2ccc3c(N)ncnn23)O[C@H](COP(=O)(OCCSC(=O)C(C)(C)C)OCCSC(=O)C(C)(C)C)[C@@H](O)[C@H]1O. The zero-order chi connectivity index (χ0) is 32.2. The first-order valence-electron chi connectivity index (χ1n) is 13.4. The highest BCUT2D eigenvalue weighted by Crippen LogP contribution is 2.51. The maximum Gasteiger partial charge on any atom is 0.474 e. The van der Waals surface area contributed by atoms with Gasteiger partial charge in [0, 0.05) is 22.3 Å². The van der Waals surface area contributed by atoms with Crippen molar-refractivity contribution in [3.63, 3.8) is 0 Å². The van der Waals surface area contributed by atoms with Crippen LogP contribution < -0.4 is 5.73 Å². The van der Waals surface area contributed by atoms with Gasteiger partial charge in [0.15, 0.2) is 21.6 Å². The maximum atomic E-state index is 13.6. The van der Waals surface area contributed by atoms with Crippen molar-refractivity contribution in [3.8, 4) is 12.3 Å². The standard InChI is InChI=1S/C27H39N4O9PS2/c1-8-27(19-10-9-17-22(28)29-16-30-31(17)19)21(33)20(32)18(40-27)15-39-41(36,37-11-13-42-23(34)25(2,3)4)38-12-14-43-24(35)26(5,6)7/h1,9-10,16,18,20-21,32-33H,11-15H2,2-7H3,(H2,28,29,30)/t18-,20-,21-,27+/m1/s1. The van der Waals surface area contributed by atoms with Crippen LogP contribution in [0.3, 0.4) is 0 Å². The summed E-state index contributed by atoms with van der Waals surface area (Å²) >= 11 is 2.04. The van der Waals surface area contributed by atoms with Crippen LogP contribution >= 0.6 is 31.3 Å². The zero-order valence-electron chi connectivity index (χ0n) is 25.0. The molecule has 4 N–H and O–H groups in total. The molecule has 16 heteroatoms. The van der Waals surface area contributed by atoms with Crippen LogP contribution in [0.15, 0.2) is 18.5 Å². The number of nitrogens with two attached hydrogens (primary N) is 1. The quantitative estimate of drug-likeness (QED) is 0.172. The fraction of sp³-hybridized carbons (Fsp3) is 0.630. The van der Waals surface area contributed by atoms with Gasteiger partial charge in [-0.2, -0.15) is 5.10 Å². The van der Waals surface area contributed by atoms with E-state index in [1.165, 1.54) is 10.8 Å². The fourth-order valence-corrected chi connectivity index (χ4v) is 6.87. The Hall–Kier alpha value is -1.99. The molecule has 0 aromatic carbocycles. The van der Waals surface area contributed by atoms with Crippen molar-refractivity contribution in [2.75, 3.05) is 37.1 Å². The second-order valence-electron chi connectivity index (χ2n) is 11.8. The van der Waals surface area contributed by atoms with Crippen molar-refractivity contribution in [2.24, 2.45) is 10.8 Å². The van der Waals surface area contributed by atoms with E-state index in [1.807, 2.05) is 0 Å². The number of phosphoric acid groups is 1. The summed E-state index contributed by atoms with van der Waals surface area (Å²) in [5, 5.41) is 25.9. The molecular formula is C27H39N4O9PS2. The number of aromatic nitrogens is 3. The van der Waals surface area contributed by atoms with Crippen LogP contribution in [0.5, 0.6) is 0 Å². The lowest BCUT2D eigenvalue weighted by Crippen LogP contribution is -2.41. The second-order valence-corrected chi connectivity index (χ2v) is 15.6. The number of carbonyl (C=O) groups excluding carboxylic acids is 2. The van der Waals surface area contributed by atoms with Crippen molar-refractivity contribution in [1.29, 1.82) is 0 Å². The number of carbonyl (C=O) groups is 2. The van der Waals surface area contributed by atoms with Crippen molar-refractivity contribution in [3.05, 3.63) is 24.2 Å². The van der Waals surface area contributed by atoms with Crippen LogP contribution in [0.25, 0.3) is 5.52 Å². The summed E-state index contributed by atoms with van der Waals surface area (Å²) in [7, 11) is -4.29. The van der Waals surface area contributed by atoms with Crippen molar-refractivity contribution in [2.45, 2.75) is 65.5 Å². The number of anilines is 1. The molecule has 1 aliphatic rings. The first kappa shape index (κ1) is 35.5. The van der Waals surface area contributed by atoms with Gasteiger partial charge in [-0.1, -0.05) is 71.0 Å². The van der Waals surface area contributed by atoms with E-state index in [1.54, 1.807) is 53.7 Å². The Balaban J connectivity index is 1.72. The van der Waals surface area contributed by atoms with Gasteiger partial charge in [0.1, 0.15) is 30.2 Å². The Kier molecular flexibility index (Phi) is 11.5. The normalized spacial score (nSPS) is 23.0. The number of aliphatic hydroxyl groups excluding tert-OH is 2. The Labute approximate surface area is 259 Å². The van der Waals surface area contributed by atoms with Gasteiger partial charge >= 0.3 is 7.82 Å². The van der Waals surface area contributed by atoms with E-state index in [0.717, 1.165) is 23.5 Å². The van der Waals surface area contributed by atoms with E-state index in [2.05, 4.69) is 16.0 Å². The van der Waals surface area contributed by atoms with E-state index >= 15 is 0 Å². The molecular weight excluding hydrogens is 619 g/mol. The number of rotatable bonds is 12. The molecule has 0 unspecified atom stereocenters. The summed E-state index contributed by atoms with van der Waals surface area (Å²) in [6.07, 6.45) is 2.58. The number of nitrogens with zero attached hydrogens (tertiary/aromatic N) is 3. The Bertz CT molecular complexity index is 1360. The van der Waals surface area contributed by atoms with E-state index in [0.29, 0.717) is 5.52 Å². The van der Waals surface area contributed by atoms with E-state index in [4.69, 9.17) is 30.5 Å². The molecule has 0 aliphatic carbocycles. The minimum atomic E-state index is -4.29. The van der Waals surface area contributed by atoms with Gasteiger partial charge in [-0.3, -0.25) is 23.2 Å². The molecule has 1 fully saturated rings. The van der Waals surface area contributed by atoms with Crippen LogP contribution in [0.4, 0.5) is 5.82 Å². The molecule has 2 aromatic heterocycles. The number of phosphoric ester groups is 1. The minimum absolute atomic E-state index is 0.0723. The molecule has 13 nitrogen and oxygen atoms in total. The summed E-state index contributed by atoms with van der Waals surface area (Å²) in [6.45, 7) is 9.86. The molecule has 0 amide bonds. The lowest BCUT2D eigenvalue weighted by molar-refractivity contribution is -0.118. The highest BCUT2D eigenvalue weighted by Gasteiger charge is 2.56. The smallest absolute Gasteiger partial charge is 0.387 e. The number of fused-ring (bicyclic) bond motifs is 1. The monoisotopic (exact) mass is 658 g/mol. The Morgan fingerprint density at radius 3 is 2.16 bits per heavy atom. The van der Waals surface area contributed by atoms with Gasteiger partial charge in [-0.05, 0) is 12.1 Å². The molecule has 43 heavy (non-hydrogen) atoms. The Morgan fingerprint density at radius 1 is 1.09 bits per heavy atom. The molecule has 1 saturated heterocycles. The number of terminal acetylenes is 1. The van der Waals surface area contributed by atoms with E-state index in [9.17, 15) is 24.4 Å². The van der Waals surface area contributed by atoms with Gasteiger partial charge in [0.25, 0.3) is 0 Å². The summed E-state index contributed by atoms with van der Waals surface area (Å²) < 4.78 is 37.4. The number of hydrogen-bond donors (Lipinski definition) is 3. The van der Waals surface area contributed by atoms with Crippen LogP contribution in [0, 0.1) is 23.2 Å². The largest absolute Gasteiger partial charge is 0.474 e. The predicted molar refractivity (Wildman–Crippen MR) is 164 cm³/mol. The first-order valence-corrected chi connectivity index (χ1v) is 16.9. The number of aliphatic hydroxyl groups is 2. The zero-order valence-corrected chi connectivity index (χ0v) is 27.5. The average Bonchev–Trinajstić information content (AvgIpc) is 3.47. The number of thioether (sulfide) groups is 2. The molecule has 4 atom stereocenters. The molecule has 1 aliphatic heterocycles. The van der Waals surface area contributed by atoms with Crippen LogP contribution in [0.1, 0.15) is 47.2 Å². The maximum absolute atomic E-state index is 13.6. The number of hydrogen-bond acceptors (Lipinski definition) is 14. The molecule has 238 valence electrons. The Morgan fingerprint density at radius 2 is 1.65 bits per heavy atom. The van der Waals surface area contributed by atoms with Crippen molar-refractivity contribution < 1.29 is 42.7 Å². The van der Waals surface area contributed by atoms with Crippen LogP contribution in [-0.4, -0.2) is 84.7 Å². The van der Waals surface area contributed by atoms with Gasteiger partial charge in [-0.25, -0.2) is 14.1 Å². The van der Waals surface area contributed by atoms with E-state index < -0.39 is 49.2 Å². The highest BCUT2D eigenvalue weighted by atomic mass is 32.2. The van der Waals surface area contributed by atoms with Crippen LogP contribution in [0.2, 0.25) is 0 Å². The molecule has 3 rings (SSSR count). The third-order valence-corrected chi connectivity index (χ3v) is 10.2. The van der Waals surface area contributed by atoms with Gasteiger partial charge in [-0.15, -0.1) is 6.42 Å². The topological polar surface area (TPSA) is 185 Å². The molecule has 3 heterocycles. The fourth-order valence-electron chi connectivity index (χ4n) is 3.87. The van der Waals surface area contributed by atoms with Gasteiger partial charge in [0.05, 0.1) is 25.5 Å². The second kappa shape index (κ2) is 14.0. The highest BCUT2D eigenvalue weighted by molar-refractivity contribution is 8.14.